The van der Waals surface area contributed by atoms with Gasteiger partial charge in [-0.2, -0.15) is 5.10 Å². The van der Waals surface area contributed by atoms with Gasteiger partial charge in [0.2, 0.25) is 0 Å². The summed E-state index contributed by atoms with van der Waals surface area (Å²) in [5.74, 6) is 0. The van der Waals surface area contributed by atoms with Crippen molar-refractivity contribution >= 4 is 0 Å². The summed E-state index contributed by atoms with van der Waals surface area (Å²) in [5, 5.41) is 7.95. The van der Waals surface area contributed by atoms with E-state index in [0.717, 1.165) is 18.7 Å². The van der Waals surface area contributed by atoms with Gasteiger partial charge in [0.15, 0.2) is 0 Å². The van der Waals surface area contributed by atoms with Crippen LogP contribution in [0, 0.1) is 6.92 Å². The molecule has 1 N–H and O–H groups in total. The van der Waals surface area contributed by atoms with Gasteiger partial charge >= 0.3 is 0 Å². The second-order valence-electron chi connectivity index (χ2n) is 4.53. The van der Waals surface area contributed by atoms with E-state index in [1.165, 1.54) is 11.1 Å². The lowest BCUT2D eigenvalue weighted by atomic mass is 10.00. The van der Waals surface area contributed by atoms with E-state index in [-0.39, 0.29) is 6.04 Å². The van der Waals surface area contributed by atoms with Gasteiger partial charge in [0.1, 0.15) is 0 Å². The third-order valence-electron chi connectivity index (χ3n) is 3.09. The first kappa shape index (κ1) is 12.8. The summed E-state index contributed by atoms with van der Waals surface area (Å²) in [7, 11) is 1.95. The molecule has 0 saturated heterocycles. The van der Waals surface area contributed by atoms with Crippen LogP contribution in [0.1, 0.15) is 29.8 Å². The first-order chi connectivity index (χ1) is 8.70. The minimum atomic E-state index is 0.276. The van der Waals surface area contributed by atoms with E-state index in [9.17, 15) is 0 Å². The van der Waals surface area contributed by atoms with Gasteiger partial charge in [0, 0.05) is 38.1 Å². The summed E-state index contributed by atoms with van der Waals surface area (Å²) in [4.78, 5) is 4.23. The van der Waals surface area contributed by atoms with Gasteiger partial charge in [-0.3, -0.25) is 9.67 Å². The highest BCUT2D eigenvalue weighted by Crippen LogP contribution is 2.20. The van der Waals surface area contributed by atoms with E-state index in [1.54, 1.807) is 0 Å². The second kappa shape index (κ2) is 5.78. The monoisotopic (exact) mass is 244 g/mol. The van der Waals surface area contributed by atoms with Crippen LogP contribution in [0.5, 0.6) is 0 Å². The summed E-state index contributed by atoms with van der Waals surface area (Å²) in [5.41, 5.74) is 3.63. The van der Waals surface area contributed by atoms with Crippen molar-refractivity contribution in [3.05, 3.63) is 47.5 Å². The number of nitrogens with one attached hydrogen (secondary N) is 1. The zero-order chi connectivity index (χ0) is 13.0. The normalized spacial score (nSPS) is 12.6. The lowest BCUT2D eigenvalue weighted by molar-refractivity contribution is 0.536. The molecule has 1 unspecified atom stereocenters. The van der Waals surface area contributed by atoms with Crippen molar-refractivity contribution in [3.63, 3.8) is 0 Å². The lowest BCUT2D eigenvalue weighted by Crippen LogP contribution is -2.24. The minimum Gasteiger partial charge on any atom is -0.310 e. The Kier molecular flexibility index (Phi) is 4.10. The van der Waals surface area contributed by atoms with Crippen LogP contribution < -0.4 is 5.32 Å². The average Bonchev–Trinajstić information content (AvgIpc) is 2.75. The molecule has 0 aliphatic heterocycles. The second-order valence-corrected chi connectivity index (χ2v) is 4.53. The van der Waals surface area contributed by atoms with Crippen molar-refractivity contribution in [2.45, 2.75) is 26.3 Å². The van der Waals surface area contributed by atoms with Crippen molar-refractivity contribution < 1.29 is 0 Å². The molecular weight excluding hydrogens is 224 g/mol. The molecule has 0 amide bonds. The van der Waals surface area contributed by atoms with Gasteiger partial charge in [-0.05, 0) is 36.7 Å². The SMILES string of the molecule is CCNC(Cc1ccn(C)n1)c1cnccc1C. The predicted molar refractivity (Wildman–Crippen MR) is 72.3 cm³/mol. The number of rotatable bonds is 5. The maximum atomic E-state index is 4.44. The number of hydrogen-bond acceptors (Lipinski definition) is 3. The maximum Gasteiger partial charge on any atom is 0.0643 e. The number of likely N-dealkylation sites (N-methyl/N-ethyl adjacent to an activating group) is 1. The van der Waals surface area contributed by atoms with Crippen LogP contribution in [-0.4, -0.2) is 21.3 Å². The summed E-state index contributed by atoms with van der Waals surface area (Å²) < 4.78 is 1.84. The van der Waals surface area contributed by atoms with Crippen LogP contribution in [0.4, 0.5) is 0 Å². The Morgan fingerprint density at radius 2 is 2.22 bits per heavy atom. The molecular formula is C14H20N4. The number of pyridine rings is 1. The van der Waals surface area contributed by atoms with Crippen molar-refractivity contribution in [1.82, 2.24) is 20.1 Å². The quantitative estimate of drug-likeness (QED) is 0.875. The Hall–Kier alpha value is -1.68. The number of nitrogens with zero attached hydrogens (tertiary/aromatic N) is 3. The molecule has 0 spiro atoms. The molecule has 96 valence electrons. The van der Waals surface area contributed by atoms with Gasteiger partial charge in [-0.25, -0.2) is 0 Å². The first-order valence-electron chi connectivity index (χ1n) is 6.33. The standard InChI is InChI=1S/C14H20N4/c1-4-16-14(9-12-6-8-18(3)17-12)13-10-15-7-5-11(13)2/h5-8,10,14,16H,4,9H2,1-3H3. The number of aromatic nitrogens is 3. The summed E-state index contributed by atoms with van der Waals surface area (Å²) >= 11 is 0. The van der Waals surface area contributed by atoms with Gasteiger partial charge in [0.05, 0.1) is 5.69 Å². The van der Waals surface area contributed by atoms with Crippen molar-refractivity contribution in [3.8, 4) is 0 Å². The molecule has 1 atom stereocenters. The first-order valence-corrected chi connectivity index (χ1v) is 6.33. The number of aryl methyl sites for hydroxylation is 2. The van der Waals surface area contributed by atoms with Gasteiger partial charge < -0.3 is 5.32 Å². The molecule has 2 aromatic rings. The van der Waals surface area contributed by atoms with Gasteiger partial charge in [0.25, 0.3) is 0 Å². The molecule has 0 aromatic carbocycles. The Morgan fingerprint density at radius 1 is 1.39 bits per heavy atom. The van der Waals surface area contributed by atoms with E-state index < -0.39 is 0 Å². The molecule has 2 aromatic heterocycles. The molecule has 18 heavy (non-hydrogen) atoms. The average molecular weight is 244 g/mol. The summed E-state index contributed by atoms with van der Waals surface area (Å²) in [6.07, 6.45) is 6.66. The fourth-order valence-electron chi connectivity index (χ4n) is 2.16. The molecule has 0 radical (unpaired) electrons. The number of hydrogen-bond donors (Lipinski definition) is 1. The molecule has 0 fully saturated rings. The smallest absolute Gasteiger partial charge is 0.0643 e. The Morgan fingerprint density at radius 3 is 2.83 bits per heavy atom. The van der Waals surface area contributed by atoms with Crippen LogP contribution in [0.3, 0.4) is 0 Å². The zero-order valence-electron chi connectivity index (χ0n) is 11.2. The molecule has 0 bridgehead atoms. The molecule has 4 heteroatoms. The van der Waals surface area contributed by atoms with Crippen LogP contribution >= 0.6 is 0 Å². The summed E-state index contributed by atoms with van der Waals surface area (Å²) in [6.45, 7) is 5.18. The Bertz CT molecular complexity index is 504. The van der Waals surface area contributed by atoms with E-state index in [1.807, 2.05) is 30.3 Å². The Labute approximate surface area is 108 Å². The van der Waals surface area contributed by atoms with E-state index in [0.29, 0.717) is 0 Å². The maximum absolute atomic E-state index is 4.44. The van der Waals surface area contributed by atoms with E-state index in [4.69, 9.17) is 0 Å². The van der Waals surface area contributed by atoms with E-state index >= 15 is 0 Å². The fourth-order valence-corrected chi connectivity index (χ4v) is 2.16. The highest BCUT2D eigenvalue weighted by Gasteiger charge is 2.14. The van der Waals surface area contributed by atoms with Crippen LogP contribution in [0.25, 0.3) is 0 Å². The lowest BCUT2D eigenvalue weighted by Gasteiger charge is -2.18. The zero-order valence-corrected chi connectivity index (χ0v) is 11.2. The van der Waals surface area contributed by atoms with Crippen molar-refractivity contribution in [2.24, 2.45) is 7.05 Å². The molecule has 0 saturated carbocycles. The third-order valence-corrected chi connectivity index (χ3v) is 3.09. The highest BCUT2D eigenvalue weighted by atomic mass is 15.2. The molecule has 0 aliphatic rings. The molecule has 0 aliphatic carbocycles. The fraction of sp³-hybridized carbons (Fsp3) is 0.429. The summed E-state index contributed by atoms with van der Waals surface area (Å²) in [6, 6.07) is 4.40. The topological polar surface area (TPSA) is 42.7 Å². The van der Waals surface area contributed by atoms with E-state index in [2.05, 4.69) is 41.4 Å². The minimum absolute atomic E-state index is 0.276. The molecule has 4 nitrogen and oxygen atoms in total. The largest absolute Gasteiger partial charge is 0.310 e. The predicted octanol–water partition coefficient (Wildman–Crippen LogP) is 2.02. The molecule has 2 rings (SSSR count). The van der Waals surface area contributed by atoms with Crippen LogP contribution in [-0.2, 0) is 13.5 Å². The van der Waals surface area contributed by atoms with Crippen molar-refractivity contribution in [2.75, 3.05) is 6.54 Å². The van der Waals surface area contributed by atoms with Gasteiger partial charge in [-0.1, -0.05) is 6.92 Å². The highest BCUT2D eigenvalue weighted by molar-refractivity contribution is 5.26. The molecule has 2 heterocycles. The van der Waals surface area contributed by atoms with Crippen LogP contribution in [0.15, 0.2) is 30.7 Å². The van der Waals surface area contributed by atoms with Crippen LogP contribution in [0.2, 0.25) is 0 Å². The Balaban J connectivity index is 2.20. The van der Waals surface area contributed by atoms with Gasteiger partial charge in [-0.15, -0.1) is 0 Å². The van der Waals surface area contributed by atoms with Crippen molar-refractivity contribution in [1.29, 1.82) is 0 Å². The third kappa shape index (κ3) is 2.96.